The van der Waals surface area contributed by atoms with Crippen molar-refractivity contribution in [2.75, 3.05) is 7.11 Å². The number of rotatable bonds is 1. The topological polar surface area (TPSA) is 70.4 Å². The lowest BCUT2D eigenvalue weighted by molar-refractivity contribution is -0.114. The van der Waals surface area contributed by atoms with E-state index in [-0.39, 0.29) is 11.4 Å². The number of carbonyl (C=O) groups excluding carboxylic acids is 2. The molecule has 1 aliphatic rings. The van der Waals surface area contributed by atoms with Crippen LogP contribution in [0.1, 0.15) is 6.92 Å². The number of nitriles is 1. The monoisotopic (exact) mass is 206 g/mol. The van der Waals surface area contributed by atoms with E-state index in [9.17, 15) is 9.59 Å². The lowest BCUT2D eigenvalue weighted by atomic mass is 10.0. The summed E-state index contributed by atoms with van der Waals surface area (Å²) in [4.78, 5) is 23.5. The first-order valence-corrected chi connectivity index (χ1v) is 4.27. The Kier molecular flexibility index (Phi) is 3.24. The molecule has 0 aromatic carbocycles. The zero-order valence-corrected chi connectivity index (χ0v) is 8.43. The molecule has 0 aliphatic carbocycles. The molecular formula is C10H10N2O3. The zero-order chi connectivity index (χ0) is 11.4. The van der Waals surface area contributed by atoms with E-state index in [4.69, 9.17) is 5.26 Å². The zero-order valence-electron chi connectivity index (χ0n) is 8.43. The molecule has 1 amide bonds. The van der Waals surface area contributed by atoms with Crippen LogP contribution in [0.25, 0.3) is 0 Å². The molecule has 0 spiro atoms. The van der Waals surface area contributed by atoms with Crippen LogP contribution < -0.4 is 0 Å². The Morgan fingerprint density at radius 3 is 2.73 bits per heavy atom. The lowest BCUT2D eigenvalue weighted by Gasteiger charge is -2.25. The molecule has 0 aromatic rings. The number of ketones is 1. The Morgan fingerprint density at radius 2 is 2.27 bits per heavy atom. The Hall–Kier alpha value is -2.09. The van der Waals surface area contributed by atoms with Gasteiger partial charge < -0.3 is 4.74 Å². The second kappa shape index (κ2) is 4.42. The predicted molar refractivity (Wildman–Crippen MR) is 51.5 cm³/mol. The molecule has 0 radical (unpaired) electrons. The Labute approximate surface area is 87.2 Å². The van der Waals surface area contributed by atoms with E-state index in [1.54, 1.807) is 0 Å². The van der Waals surface area contributed by atoms with E-state index in [2.05, 4.69) is 4.74 Å². The molecule has 0 saturated heterocycles. The first-order valence-electron chi connectivity index (χ1n) is 4.27. The molecule has 78 valence electrons. The van der Waals surface area contributed by atoms with E-state index in [0.29, 0.717) is 0 Å². The molecule has 5 nitrogen and oxygen atoms in total. The van der Waals surface area contributed by atoms with Gasteiger partial charge in [-0.15, -0.1) is 0 Å². The van der Waals surface area contributed by atoms with Crippen LogP contribution in [-0.4, -0.2) is 29.9 Å². The molecule has 1 atom stereocenters. The molecule has 0 N–H and O–H groups in total. The van der Waals surface area contributed by atoms with Crippen molar-refractivity contribution in [3.8, 4) is 6.07 Å². The summed E-state index contributed by atoms with van der Waals surface area (Å²) in [5.41, 5.74) is 0.283. The summed E-state index contributed by atoms with van der Waals surface area (Å²) in [7, 11) is 1.22. The maximum Gasteiger partial charge on any atom is 0.414 e. The first-order chi connectivity index (χ1) is 7.11. The van der Waals surface area contributed by atoms with Crippen molar-refractivity contribution in [3.63, 3.8) is 0 Å². The van der Waals surface area contributed by atoms with Crippen molar-refractivity contribution < 1.29 is 14.3 Å². The quantitative estimate of drug-likeness (QED) is 0.641. The maximum absolute atomic E-state index is 11.3. The number of methoxy groups -OCH3 is 1. The predicted octanol–water partition coefficient (Wildman–Crippen LogP) is 0.990. The summed E-state index contributed by atoms with van der Waals surface area (Å²) in [5, 5.41) is 8.90. The van der Waals surface area contributed by atoms with Gasteiger partial charge in [0.1, 0.15) is 0 Å². The van der Waals surface area contributed by atoms with Gasteiger partial charge in [-0.1, -0.05) is 6.08 Å². The first kappa shape index (κ1) is 11.0. The van der Waals surface area contributed by atoms with Crippen molar-refractivity contribution in [1.82, 2.24) is 4.90 Å². The van der Waals surface area contributed by atoms with E-state index < -0.39 is 12.1 Å². The van der Waals surface area contributed by atoms with Gasteiger partial charge in [-0.2, -0.15) is 5.26 Å². The molecule has 1 rings (SSSR count). The van der Waals surface area contributed by atoms with Gasteiger partial charge >= 0.3 is 6.09 Å². The van der Waals surface area contributed by atoms with Crippen LogP contribution in [0.3, 0.4) is 0 Å². The highest BCUT2D eigenvalue weighted by Gasteiger charge is 2.29. The van der Waals surface area contributed by atoms with Gasteiger partial charge in [-0.25, -0.2) is 4.79 Å². The summed E-state index contributed by atoms with van der Waals surface area (Å²) in [6.45, 7) is 1.35. The summed E-state index contributed by atoms with van der Waals surface area (Å²) in [6, 6.07) is 0.983. The third-order valence-electron chi connectivity index (χ3n) is 2.01. The van der Waals surface area contributed by atoms with Gasteiger partial charge in [0, 0.05) is 11.8 Å². The van der Waals surface area contributed by atoms with Crippen molar-refractivity contribution >= 4 is 11.9 Å². The highest BCUT2D eigenvalue weighted by Crippen LogP contribution is 2.17. The number of ether oxygens (including phenoxy) is 1. The van der Waals surface area contributed by atoms with Gasteiger partial charge in [-0.05, 0) is 13.0 Å². The van der Waals surface area contributed by atoms with Crippen LogP contribution in [-0.2, 0) is 9.53 Å². The number of allylic oxidation sites excluding steroid dienone is 2. The van der Waals surface area contributed by atoms with Crippen LogP contribution in [0.4, 0.5) is 4.79 Å². The van der Waals surface area contributed by atoms with Crippen LogP contribution >= 0.6 is 0 Å². The molecule has 1 aliphatic heterocycles. The molecule has 1 unspecified atom stereocenters. The molecular weight excluding hydrogens is 196 g/mol. The molecule has 0 bridgehead atoms. The minimum atomic E-state index is -0.903. The number of Topliss-reactive ketones (excluding diaryl/α,β-unsaturated/α-hetero) is 1. The van der Waals surface area contributed by atoms with Crippen molar-refractivity contribution in [2.45, 2.75) is 13.0 Å². The maximum atomic E-state index is 11.3. The van der Waals surface area contributed by atoms with Crippen molar-refractivity contribution in [2.24, 2.45) is 0 Å². The van der Waals surface area contributed by atoms with Crippen molar-refractivity contribution in [1.29, 1.82) is 5.26 Å². The summed E-state index contributed by atoms with van der Waals surface area (Å²) in [6.07, 6.45) is 3.80. The fraction of sp³-hybridized carbons (Fsp3) is 0.300. The largest absolute Gasteiger partial charge is 0.452 e. The fourth-order valence-electron chi connectivity index (χ4n) is 1.28. The number of nitrogens with zero attached hydrogens (tertiary/aromatic N) is 2. The standard InChI is InChI=1S/C10H10N2O3/c1-7(13)8-4-3-5-12(9(8)6-11)10(14)15-2/h3-5,9H,1-2H3. The minimum absolute atomic E-state index is 0.236. The van der Waals surface area contributed by atoms with Crippen LogP contribution in [0.5, 0.6) is 0 Å². The fourth-order valence-corrected chi connectivity index (χ4v) is 1.28. The second-order valence-electron chi connectivity index (χ2n) is 2.93. The average Bonchev–Trinajstić information content (AvgIpc) is 2.26. The Balaban J connectivity index is 3.03. The highest BCUT2D eigenvalue weighted by molar-refractivity contribution is 5.96. The normalized spacial score (nSPS) is 19.1. The summed E-state index contributed by atoms with van der Waals surface area (Å²) < 4.78 is 4.50. The van der Waals surface area contributed by atoms with Gasteiger partial charge in [0.05, 0.1) is 13.2 Å². The molecule has 15 heavy (non-hydrogen) atoms. The third kappa shape index (κ3) is 2.05. The van der Waals surface area contributed by atoms with Crippen LogP contribution in [0, 0.1) is 11.3 Å². The number of carbonyl (C=O) groups is 2. The smallest absolute Gasteiger partial charge is 0.414 e. The number of amides is 1. The Morgan fingerprint density at radius 1 is 1.60 bits per heavy atom. The minimum Gasteiger partial charge on any atom is -0.452 e. The summed E-state index contributed by atoms with van der Waals surface area (Å²) in [5.74, 6) is -0.236. The average molecular weight is 206 g/mol. The van der Waals surface area contributed by atoms with Gasteiger partial charge in [0.2, 0.25) is 0 Å². The molecule has 0 fully saturated rings. The van der Waals surface area contributed by atoms with E-state index in [0.717, 1.165) is 4.90 Å². The van der Waals surface area contributed by atoms with Crippen LogP contribution in [0.15, 0.2) is 23.9 Å². The lowest BCUT2D eigenvalue weighted by Crippen LogP contribution is -2.39. The molecule has 0 saturated carbocycles. The number of hydrogen-bond donors (Lipinski definition) is 0. The number of hydrogen-bond acceptors (Lipinski definition) is 4. The summed E-state index contributed by atoms with van der Waals surface area (Å²) >= 11 is 0. The van der Waals surface area contributed by atoms with Crippen LogP contribution in [0.2, 0.25) is 0 Å². The highest BCUT2D eigenvalue weighted by atomic mass is 16.5. The molecule has 5 heteroatoms. The van der Waals surface area contributed by atoms with Gasteiger partial charge in [0.15, 0.2) is 11.8 Å². The van der Waals surface area contributed by atoms with Gasteiger partial charge in [-0.3, -0.25) is 9.69 Å². The van der Waals surface area contributed by atoms with E-state index in [1.807, 2.05) is 6.07 Å². The van der Waals surface area contributed by atoms with Crippen molar-refractivity contribution in [3.05, 3.63) is 23.9 Å². The SMILES string of the molecule is COC(=O)N1C=CC=C(C(C)=O)C1C#N. The molecule has 0 aromatic heterocycles. The van der Waals surface area contributed by atoms with E-state index >= 15 is 0 Å². The third-order valence-corrected chi connectivity index (χ3v) is 2.01. The second-order valence-corrected chi connectivity index (χ2v) is 2.93. The molecule has 1 heterocycles. The van der Waals surface area contributed by atoms with E-state index in [1.165, 1.54) is 32.4 Å². The Bertz CT molecular complexity index is 390. The van der Waals surface area contributed by atoms with Gasteiger partial charge in [0.25, 0.3) is 0 Å².